The molecule has 1 aliphatic rings. The Kier molecular flexibility index (Phi) is 4.20. The SMILES string of the molecule is CCN(CC)C(=O)N1CCNC(C)C1. The average molecular weight is 199 g/mol. The minimum atomic E-state index is 0.184. The van der Waals surface area contributed by atoms with Crippen molar-refractivity contribution < 1.29 is 4.79 Å². The molecule has 1 heterocycles. The Bertz CT molecular complexity index is 192. The van der Waals surface area contributed by atoms with Crippen LogP contribution in [-0.4, -0.2) is 54.6 Å². The first kappa shape index (κ1) is 11.3. The van der Waals surface area contributed by atoms with E-state index in [2.05, 4.69) is 12.2 Å². The third kappa shape index (κ3) is 2.61. The number of hydrogen-bond acceptors (Lipinski definition) is 2. The summed E-state index contributed by atoms with van der Waals surface area (Å²) < 4.78 is 0. The molecule has 2 amide bonds. The number of hydrogen-bond donors (Lipinski definition) is 1. The minimum Gasteiger partial charge on any atom is -0.325 e. The van der Waals surface area contributed by atoms with E-state index in [1.165, 1.54) is 0 Å². The fourth-order valence-electron chi connectivity index (χ4n) is 1.80. The molecular weight excluding hydrogens is 178 g/mol. The van der Waals surface area contributed by atoms with Gasteiger partial charge in [0.15, 0.2) is 0 Å². The monoisotopic (exact) mass is 199 g/mol. The zero-order chi connectivity index (χ0) is 10.6. The molecule has 4 nitrogen and oxygen atoms in total. The van der Waals surface area contributed by atoms with Gasteiger partial charge < -0.3 is 15.1 Å². The third-order valence-electron chi connectivity index (χ3n) is 2.67. The van der Waals surface area contributed by atoms with Crippen molar-refractivity contribution in [2.24, 2.45) is 0 Å². The van der Waals surface area contributed by atoms with E-state index in [-0.39, 0.29) is 6.03 Å². The molecule has 0 radical (unpaired) electrons. The highest BCUT2D eigenvalue weighted by atomic mass is 16.2. The summed E-state index contributed by atoms with van der Waals surface area (Å²) in [7, 11) is 0. The minimum absolute atomic E-state index is 0.184. The molecule has 0 spiro atoms. The van der Waals surface area contributed by atoms with Crippen LogP contribution in [0.25, 0.3) is 0 Å². The lowest BCUT2D eigenvalue weighted by molar-refractivity contribution is 0.142. The van der Waals surface area contributed by atoms with E-state index in [4.69, 9.17) is 0 Å². The molecule has 0 aromatic rings. The number of rotatable bonds is 2. The number of nitrogens with zero attached hydrogens (tertiary/aromatic N) is 2. The van der Waals surface area contributed by atoms with Crippen LogP contribution in [0.3, 0.4) is 0 Å². The third-order valence-corrected chi connectivity index (χ3v) is 2.67. The van der Waals surface area contributed by atoms with Crippen LogP contribution in [0.1, 0.15) is 20.8 Å². The predicted octanol–water partition coefficient (Wildman–Crippen LogP) is 0.742. The molecule has 82 valence electrons. The van der Waals surface area contributed by atoms with E-state index in [1.807, 2.05) is 23.6 Å². The highest BCUT2D eigenvalue weighted by Gasteiger charge is 2.23. The average Bonchev–Trinajstić information content (AvgIpc) is 2.19. The van der Waals surface area contributed by atoms with Crippen LogP contribution in [-0.2, 0) is 0 Å². The van der Waals surface area contributed by atoms with Crippen LogP contribution < -0.4 is 5.32 Å². The lowest BCUT2D eigenvalue weighted by Gasteiger charge is -2.35. The molecule has 0 aromatic carbocycles. The number of piperazine rings is 1. The molecule has 1 fully saturated rings. The molecule has 1 rings (SSSR count). The van der Waals surface area contributed by atoms with Gasteiger partial charge in [-0.05, 0) is 20.8 Å². The second-order valence-electron chi connectivity index (χ2n) is 3.76. The lowest BCUT2D eigenvalue weighted by Crippen LogP contribution is -2.54. The van der Waals surface area contributed by atoms with Gasteiger partial charge in [-0.2, -0.15) is 0 Å². The molecule has 1 N–H and O–H groups in total. The maximum atomic E-state index is 11.9. The number of urea groups is 1. The van der Waals surface area contributed by atoms with E-state index in [0.717, 1.165) is 32.7 Å². The summed E-state index contributed by atoms with van der Waals surface area (Å²) in [6.07, 6.45) is 0. The molecule has 1 atom stereocenters. The van der Waals surface area contributed by atoms with Crippen molar-refractivity contribution in [3.05, 3.63) is 0 Å². The number of amides is 2. The maximum Gasteiger partial charge on any atom is 0.320 e. The largest absolute Gasteiger partial charge is 0.325 e. The van der Waals surface area contributed by atoms with Gasteiger partial charge >= 0.3 is 6.03 Å². The maximum absolute atomic E-state index is 11.9. The van der Waals surface area contributed by atoms with Gasteiger partial charge in [0.05, 0.1) is 0 Å². The fraction of sp³-hybridized carbons (Fsp3) is 0.900. The Balaban J connectivity index is 2.50. The smallest absolute Gasteiger partial charge is 0.320 e. The summed E-state index contributed by atoms with van der Waals surface area (Å²) >= 11 is 0. The normalized spacial score (nSPS) is 22.2. The van der Waals surface area contributed by atoms with Gasteiger partial charge in [-0.25, -0.2) is 4.79 Å². The molecule has 0 aromatic heterocycles. The van der Waals surface area contributed by atoms with Crippen molar-refractivity contribution in [3.8, 4) is 0 Å². The molecule has 1 saturated heterocycles. The van der Waals surface area contributed by atoms with Crippen molar-refractivity contribution in [1.29, 1.82) is 0 Å². The van der Waals surface area contributed by atoms with Crippen LogP contribution in [0.4, 0.5) is 4.79 Å². The molecule has 1 aliphatic heterocycles. The molecule has 1 unspecified atom stereocenters. The number of carbonyl (C=O) groups excluding carboxylic acids is 1. The molecule has 14 heavy (non-hydrogen) atoms. The zero-order valence-electron chi connectivity index (χ0n) is 9.42. The fourth-order valence-corrected chi connectivity index (χ4v) is 1.80. The molecule has 0 aliphatic carbocycles. The molecule has 0 bridgehead atoms. The van der Waals surface area contributed by atoms with Gasteiger partial charge in [0.25, 0.3) is 0 Å². The topological polar surface area (TPSA) is 35.6 Å². The Morgan fingerprint density at radius 3 is 2.64 bits per heavy atom. The van der Waals surface area contributed by atoms with E-state index >= 15 is 0 Å². The summed E-state index contributed by atoms with van der Waals surface area (Å²) in [4.78, 5) is 15.7. The second kappa shape index (κ2) is 5.20. The highest BCUT2D eigenvalue weighted by molar-refractivity contribution is 5.74. The Morgan fingerprint density at radius 2 is 2.14 bits per heavy atom. The number of carbonyl (C=O) groups is 1. The van der Waals surface area contributed by atoms with Crippen LogP contribution in [0.5, 0.6) is 0 Å². The first-order valence-electron chi connectivity index (χ1n) is 5.46. The summed E-state index contributed by atoms with van der Waals surface area (Å²) in [6, 6.07) is 0.603. The van der Waals surface area contributed by atoms with Crippen LogP contribution in [0.2, 0.25) is 0 Å². The van der Waals surface area contributed by atoms with Crippen LogP contribution >= 0.6 is 0 Å². The summed E-state index contributed by atoms with van der Waals surface area (Å²) in [5.41, 5.74) is 0. The van der Waals surface area contributed by atoms with Crippen LogP contribution in [0, 0.1) is 0 Å². The van der Waals surface area contributed by atoms with E-state index in [0.29, 0.717) is 6.04 Å². The van der Waals surface area contributed by atoms with Crippen molar-refractivity contribution >= 4 is 6.03 Å². The van der Waals surface area contributed by atoms with Crippen molar-refractivity contribution in [2.75, 3.05) is 32.7 Å². The van der Waals surface area contributed by atoms with Crippen molar-refractivity contribution in [2.45, 2.75) is 26.8 Å². The lowest BCUT2D eigenvalue weighted by atomic mass is 10.2. The van der Waals surface area contributed by atoms with Gasteiger partial charge in [0.1, 0.15) is 0 Å². The molecular formula is C10H21N3O. The van der Waals surface area contributed by atoms with Gasteiger partial charge in [-0.15, -0.1) is 0 Å². The van der Waals surface area contributed by atoms with Gasteiger partial charge in [0.2, 0.25) is 0 Å². The number of nitrogens with one attached hydrogen (secondary N) is 1. The first-order valence-corrected chi connectivity index (χ1v) is 5.46. The van der Waals surface area contributed by atoms with E-state index in [9.17, 15) is 4.79 Å². The Hall–Kier alpha value is -0.770. The van der Waals surface area contributed by atoms with Gasteiger partial charge in [-0.1, -0.05) is 0 Å². The Morgan fingerprint density at radius 1 is 1.50 bits per heavy atom. The van der Waals surface area contributed by atoms with Crippen molar-refractivity contribution in [3.63, 3.8) is 0 Å². The summed E-state index contributed by atoms with van der Waals surface area (Å²) in [6.45, 7) is 10.3. The van der Waals surface area contributed by atoms with E-state index < -0.39 is 0 Å². The quantitative estimate of drug-likeness (QED) is 0.712. The summed E-state index contributed by atoms with van der Waals surface area (Å²) in [5.74, 6) is 0. The Labute approximate surface area is 86.2 Å². The van der Waals surface area contributed by atoms with E-state index in [1.54, 1.807) is 0 Å². The highest BCUT2D eigenvalue weighted by Crippen LogP contribution is 2.03. The van der Waals surface area contributed by atoms with Crippen molar-refractivity contribution in [1.82, 2.24) is 15.1 Å². The first-order chi connectivity index (χ1) is 6.69. The van der Waals surface area contributed by atoms with Gasteiger partial charge in [0, 0.05) is 38.8 Å². The standard InChI is InChI=1S/C10H21N3O/c1-4-12(5-2)10(14)13-7-6-11-9(3)8-13/h9,11H,4-8H2,1-3H3. The second-order valence-corrected chi connectivity index (χ2v) is 3.76. The summed E-state index contributed by atoms with van der Waals surface area (Å²) in [5, 5.41) is 3.33. The van der Waals surface area contributed by atoms with Gasteiger partial charge in [-0.3, -0.25) is 0 Å². The molecule has 0 saturated carbocycles. The zero-order valence-corrected chi connectivity index (χ0v) is 9.42. The molecule has 4 heteroatoms. The predicted molar refractivity (Wildman–Crippen MR) is 57.4 cm³/mol. The van der Waals surface area contributed by atoms with Crippen LogP contribution in [0.15, 0.2) is 0 Å².